The van der Waals surface area contributed by atoms with E-state index >= 15 is 0 Å². The number of halogens is 2. The van der Waals surface area contributed by atoms with E-state index in [4.69, 9.17) is 0 Å². The van der Waals surface area contributed by atoms with Crippen LogP contribution >= 0.6 is 15.9 Å². The van der Waals surface area contributed by atoms with Crippen LogP contribution in [0.1, 0.15) is 30.8 Å². The van der Waals surface area contributed by atoms with Gasteiger partial charge in [-0.15, -0.1) is 0 Å². The summed E-state index contributed by atoms with van der Waals surface area (Å²) in [5, 5.41) is 10.2. The zero-order valence-electron chi connectivity index (χ0n) is 10.7. The van der Waals surface area contributed by atoms with E-state index in [1.165, 1.54) is 18.5 Å². The Morgan fingerprint density at radius 1 is 1.47 bits per heavy atom. The van der Waals surface area contributed by atoms with Crippen molar-refractivity contribution in [3.63, 3.8) is 0 Å². The summed E-state index contributed by atoms with van der Waals surface area (Å²) >= 11 is 3.39. The van der Waals surface area contributed by atoms with Crippen molar-refractivity contribution in [1.29, 1.82) is 0 Å². The Bertz CT molecular complexity index is 515. The Labute approximate surface area is 120 Å². The number of rotatable bonds is 6. The summed E-state index contributed by atoms with van der Waals surface area (Å²) < 4.78 is 13.9. The molecule has 19 heavy (non-hydrogen) atoms. The van der Waals surface area contributed by atoms with E-state index in [0.717, 1.165) is 35.2 Å². The third kappa shape index (κ3) is 3.84. The summed E-state index contributed by atoms with van der Waals surface area (Å²) in [6.45, 7) is 3.00. The molecule has 0 saturated carbocycles. The van der Waals surface area contributed by atoms with Gasteiger partial charge >= 0.3 is 0 Å². The van der Waals surface area contributed by atoms with Crippen molar-refractivity contribution in [3.05, 3.63) is 46.2 Å². The molecule has 0 aliphatic carbocycles. The van der Waals surface area contributed by atoms with Gasteiger partial charge in [0.15, 0.2) is 0 Å². The lowest BCUT2D eigenvalue weighted by molar-refractivity contribution is 0.505. The quantitative estimate of drug-likeness (QED) is 0.858. The topological polar surface area (TPSA) is 53.6 Å². The number of nitrogens with one attached hydrogen (secondary N) is 2. The lowest BCUT2D eigenvalue weighted by Crippen LogP contribution is -2.25. The van der Waals surface area contributed by atoms with Crippen molar-refractivity contribution < 1.29 is 4.39 Å². The van der Waals surface area contributed by atoms with E-state index < -0.39 is 0 Å². The first-order valence-corrected chi connectivity index (χ1v) is 7.02. The predicted molar refractivity (Wildman–Crippen MR) is 75.2 cm³/mol. The van der Waals surface area contributed by atoms with Crippen LogP contribution in [-0.4, -0.2) is 21.7 Å². The van der Waals surface area contributed by atoms with Crippen molar-refractivity contribution >= 4 is 15.9 Å². The summed E-state index contributed by atoms with van der Waals surface area (Å²) in [5.41, 5.74) is 1.03. The molecule has 0 aliphatic heterocycles. The molecule has 102 valence electrons. The van der Waals surface area contributed by atoms with Crippen LogP contribution < -0.4 is 5.32 Å². The maximum atomic E-state index is 13.1. The molecule has 6 heteroatoms. The van der Waals surface area contributed by atoms with Crippen molar-refractivity contribution in [1.82, 2.24) is 20.5 Å². The first kappa shape index (κ1) is 14.1. The Kier molecular flexibility index (Phi) is 5.04. The van der Waals surface area contributed by atoms with Gasteiger partial charge in [0.25, 0.3) is 0 Å². The number of hydrogen-bond acceptors (Lipinski definition) is 3. The largest absolute Gasteiger partial charge is 0.307 e. The molecule has 1 unspecified atom stereocenters. The van der Waals surface area contributed by atoms with E-state index in [2.05, 4.69) is 43.4 Å². The van der Waals surface area contributed by atoms with Gasteiger partial charge in [-0.2, -0.15) is 5.10 Å². The highest BCUT2D eigenvalue weighted by Crippen LogP contribution is 2.23. The van der Waals surface area contributed by atoms with Crippen LogP contribution in [0.25, 0.3) is 0 Å². The Hall–Kier alpha value is -1.27. The number of aromatic amines is 1. The van der Waals surface area contributed by atoms with Gasteiger partial charge in [0.1, 0.15) is 18.0 Å². The van der Waals surface area contributed by atoms with Gasteiger partial charge in [-0.1, -0.05) is 28.9 Å². The lowest BCUT2D eigenvalue weighted by Gasteiger charge is -2.16. The molecular formula is C13H16BrFN4. The molecule has 1 aromatic carbocycles. The molecular weight excluding hydrogens is 311 g/mol. The van der Waals surface area contributed by atoms with Gasteiger partial charge < -0.3 is 5.32 Å². The zero-order valence-corrected chi connectivity index (χ0v) is 12.2. The van der Waals surface area contributed by atoms with Crippen LogP contribution in [0.5, 0.6) is 0 Å². The van der Waals surface area contributed by atoms with Crippen LogP contribution in [0, 0.1) is 5.82 Å². The molecule has 0 bridgehead atoms. The number of H-pyrrole nitrogens is 1. The van der Waals surface area contributed by atoms with Crippen LogP contribution in [-0.2, 0) is 6.42 Å². The van der Waals surface area contributed by atoms with Gasteiger partial charge in [-0.05, 0) is 37.1 Å². The van der Waals surface area contributed by atoms with Crippen molar-refractivity contribution in [3.8, 4) is 0 Å². The summed E-state index contributed by atoms with van der Waals surface area (Å²) in [5.74, 6) is 0.554. The van der Waals surface area contributed by atoms with Gasteiger partial charge in [0, 0.05) is 4.47 Å². The van der Waals surface area contributed by atoms with Crippen molar-refractivity contribution in [2.45, 2.75) is 25.8 Å². The summed E-state index contributed by atoms with van der Waals surface area (Å²) in [4.78, 5) is 4.19. The number of aromatic nitrogens is 3. The second kappa shape index (κ2) is 6.77. The predicted octanol–water partition coefficient (Wildman–Crippen LogP) is 2.99. The molecule has 0 fully saturated rings. The van der Waals surface area contributed by atoms with E-state index in [1.54, 1.807) is 6.07 Å². The lowest BCUT2D eigenvalue weighted by atomic mass is 10.1. The monoisotopic (exact) mass is 326 g/mol. The second-order valence-electron chi connectivity index (χ2n) is 4.32. The molecule has 0 aliphatic rings. The number of benzene rings is 1. The molecule has 2 aromatic rings. The number of hydrogen-bond donors (Lipinski definition) is 2. The molecule has 0 amide bonds. The highest BCUT2D eigenvalue weighted by atomic mass is 79.9. The van der Waals surface area contributed by atoms with E-state index in [-0.39, 0.29) is 11.9 Å². The first-order chi connectivity index (χ1) is 9.20. The fraction of sp³-hybridized carbons (Fsp3) is 0.385. The molecule has 0 radical (unpaired) electrons. The minimum absolute atomic E-state index is 0.0456. The Morgan fingerprint density at radius 2 is 2.32 bits per heavy atom. The highest BCUT2D eigenvalue weighted by Gasteiger charge is 2.16. The minimum Gasteiger partial charge on any atom is -0.307 e. The summed E-state index contributed by atoms with van der Waals surface area (Å²) in [6.07, 6.45) is 3.25. The smallest absolute Gasteiger partial charge is 0.141 e. The van der Waals surface area contributed by atoms with E-state index in [1.807, 2.05) is 0 Å². The number of nitrogens with zero attached hydrogens (tertiary/aromatic N) is 2. The molecule has 0 saturated heterocycles. The molecule has 1 atom stereocenters. The Balaban J connectivity index is 2.15. The van der Waals surface area contributed by atoms with Crippen molar-refractivity contribution in [2.75, 3.05) is 6.54 Å². The highest BCUT2D eigenvalue weighted by molar-refractivity contribution is 9.10. The molecule has 4 nitrogen and oxygen atoms in total. The standard InChI is InChI=1S/C13H16BrFN4/c1-2-5-16-12(13-17-8-18-19-13)6-9-3-4-10(15)7-11(9)14/h3-4,7-8,12,16H,2,5-6H2,1H3,(H,17,18,19). The maximum absolute atomic E-state index is 13.1. The average Bonchev–Trinajstić information content (AvgIpc) is 2.90. The maximum Gasteiger partial charge on any atom is 0.141 e. The SMILES string of the molecule is CCCNC(Cc1ccc(F)cc1Br)c1ncn[nH]1. The second-order valence-corrected chi connectivity index (χ2v) is 5.17. The van der Waals surface area contributed by atoms with Gasteiger partial charge in [-0.3, -0.25) is 5.10 Å². The van der Waals surface area contributed by atoms with E-state index in [9.17, 15) is 4.39 Å². The molecule has 0 spiro atoms. The molecule has 2 rings (SSSR count). The molecule has 1 aromatic heterocycles. The van der Waals surface area contributed by atoms with Crippen LogP contribution in [0.4, 0.5) is 4.39 Å². The van der Waals surface area contributed by atoms with Crippen LogP contribution in [0.2, 0.25) is 0 Å². The summed E-state index contributed by atoms with van der Waals surface area (Å²) in [6, 6.07) is 4.78. The molecule has 1 heterocycles. The molecule has 2 N–H and O–H groups in total. The normalized spacial score (nSPS) is 12.6. The summed E-state index contributed by atoms with van der Waals surface area (Å²) in [7, 11) is 0. The fourth-order valence-electron chi connectivity index (χ4n) is 1.87. The van der Waals surface area contributed by atoms with Crippen LogP contribution in [0.15, 0.2) is 29.0 Å². The Morgan fingerprint density at radius 3 is 2.95 bits per heavy atom. The van der Waals surface area contributed by atoms with Gasteiger partial charge in [0.05, 0.1) is 6.04 Å². The van der Waals surface area contributed by atoms with Gasteiger partial charge in [0.2, 0.25) is 0 Å². The third-order valence-electron chi connectivity index (χ3n) is 2.84. The zero-order chi connectivity index (χ0) is 13.7. The van der Waals surface area contributed by atoms with Gasteiger partial charge in [-0.25, -0.2) is 9.37 Å². The van der Waals surface area contributed by atoms with E-state index in [0.29, 0.717) is 0 Å². The fourth-order valence-corrected chi connectivity index (χ4v) is 2.39. The first-order valence-electron chi connectivity index (χ1n) is 6.23. The van der Waals surface area contributed by atoms with Crippen molar-refractivity contribution in [2.24, 2.45) is 0 Å². The minimum atomic E-state index is -0.242. The van der Waals surface area contributed by atoms with Crippen LogP contribution in [0.3, 0.4) is 0 Å². The average molecular weight is 327 g/mol. The third-order valence-corrected chi connectivity index (χ3v) is 3.58.